The van der Waals surface area contributed by atoms with Gasteiger partial charge in [0, 0.05) is 5.75 Å². The normalized spacial score (nSPS) is 22.0. The molecule has 0 aromatic heterocycles. The molecule has 138 valence electrons. The van der Waals surface area contributed by atoms with Crippen molar-refractivity contribution in [1.29, 1.82) is 0 Å². The van der Waals surface area contributed by atoms with Gasteiger partial charge in [0.2, 0.25) is 5.91 Å². The number of rotatable bonds is 4. The minimum absolute atomic E-state index is 0.205. The zero-order valence-corrected chi connectivity index (χ0v) is 15.8. The van der Waals surface area contributed by atoms with Crippen molar-refractivity contribution in [1.82, 2.24) is 10.2 Å². The molecule has 0 bridgehead atoms. The fourth-order valence-corrected chi connectivity index (χ4v) is 4.06. The summed E-state index contributed by atoms with van der Waals surface area (Å²) in [6.45, 7) is 5.35. The van der Waals surface area contributed by atoms with Gasteiger partial charge in [-0.1, -0.05) is 30.3 Å². The largest absolute Gasteiger partial charge is 0.455 e. The van der Waals surface area contributed by atoms with Crippen LogP contribution in [0.25, 0.3) is 0 Å². The van der Waals surface area contributed by atoms with E-state index in [4.69, 9.17) is 4.74 Å². The molecule has 0 aliphatic carbocycles. The molecule has 0 radical (unpaired) electrons. The summed E-state index contributed by atoms with van der Waals surface area (Å²) in [7, 11) is 0. The fraction of sp³-hybridized carbons (Fsp3) is 0.421. The molecule has 2 atom stereocenters. The van der Waals surface area contributed by atoms with E-state index in [1.807, 2.05) is 30.3 Å². The predicted molar refractivity (Wildman–Crippen MR) is 99.1 cm³/mol. The third kappa shape index (κ3) is 3.93. The second-order valence-corrected chi connectivity index (χ2v) is 8.38. The summed E-state index contributed by atoms with van der Waals surface area (Å²) in [6, 6.07) is 8.75. The highest BCUT2D eigenvalue weighted by molar-refractivity contribution is 8.00. The summed E-state index contributed by atoms with van der Waals surface area (Å²) in [4.78, 5) is 38.5. The molecule has 3 rings (SSSR count). The molecule has 1 aromatic rings. The van der Waals surface area contributed by atoms with E-state index in [0.717, 1.165) is 5.56 Å². The molecule has 1 saturated heterocycles. The molecular weight excluding hydrogens is 352 g/mol. The maximum absolute atomic E-state index is 12.5. The van der Waals surface area contributed by atoms with E-state index >= 15 is 0 Å². The Hall–Kier alpha value is -2.28. The molecule has 7 heteroatoms. The minimum atomic E-state index is -0.630. The van der Waals surface area contributed by atoms with E-state index in [9.17, 15) is 14.4 Å². The molecule has 0 spiro atoms. The molecule has 1 unspecified atom stereocenters. The van der Waals surface area contributed by atoms with Crippen molar-refractivity contribution in [3.63, 3.8) is 0 Å². The average Bonchev–Trinajstić information content (AvgIpc) is 2.58. The van der Waals surface area contributed by atoms with Crippen molar-refractivity contribution in [2.24, 2.45) is 0 Å². The Balaban J connectivity index is 1.62. The molecule has 2 aliphatic rings. The number of ether oxygens (including phenoxy) is 1. The number of hydrogen-bond acceptors (Lipinski definition) is 5. The summed E-state index contributed by atoms with van der Waals surface area (Å²) in [5.41, 5.74) is 0.524. The van der Waals surface area contributed by atoms with Crippen LogP contribution in [0, 0.1) is 0 Å². The molecule has 1 N–H and O–H groups in total. The van der Waals surface area contributed by atoms with Crippen LogP contribution in [0.1, 0.15) is 26.3 Å². The monoisotopic (exact) mass is 374 g/mol. The van der Waals surface area contributed by atoms with Gasteiger partial charge in [0.15, 0.2) is 0 Å². The number of thioether (sulfide) groups is 1. The summed E-state index contributed by atoms with van der Waals surface area (Å²) in [5.74, 6) is -0.400. The molecule has 0 saturated carbocycles. The van der Waals surface area contributed by atoms with Gasteiger partial charge in [0.05, 0.1) is 6.42 Å². The number of β-lactam (4-membered cyclic amide) rings is 1. The van der Waals surface area contributed by atoms with Gasteiger partial charge in [-0.3, -0.25) is 14.5 Å². The first-order chi connectivity index (χ1) is 12.3. The van der Waals surface area contributed by atoms with Crippen LogP contribution in [-0.2, 0) is 25.5 Å². The summed E-state index contributed by atoms with van der Waals surface area (Å²) < 4.78 is 5.38. The van der Waals surface area contributed by atoms with E-state index in [1.54, 1.807) is 26.8 Å². The fourth-order valence-electron chi connectivity index (χ4n) is 2.87. The van der Waals surface area contributed by atoms with Gasteiger partial charge in [-0.25, -0.2) is 4.79 Å². The first-order valence-corrected chi connectivity index (χ1v) is 9.52. The molecule has 1 fully saturated rings. The predicted octanol–water partition coefficient (Wildman–Crippen LogP) is 1.85. The van der Waals surface area contributed by atoms with Crippen molar-refractivity contribution in [2.75, 3.05) is 5.75 Å². The number of amides is 2. The maximum Gasteiger partial charge on any atom is 0.355 e. The number of nitrogens with one attached hydrogen (secondary N) is 1. The lowest BCUT2D eigenvalue weighted by Crippen LogP contribution is -2.70. The Morgan fingerprint density at radius 2 is 1.96 bits per heavy atom. The standard InChI is InChI=1S/C19H22N2O4S/c1-19(2,3)25-18(24)13-9-10-26-17-15(16(23)21(13)17)20-14(22)11-12-7-5-4-6-8-12/h4-9,15,17H,10-11H2,1-3H3,(H,20,22)/t15?,17-/m1/s1. The van der Waals surface area contributed by atoms with Gasteiger partial charge >= 0.3 is 5.97 Å². The van der Waals surface area contributed by atoms with E-state index in [2.05, 4.69) is 5.32 Å². The highest BCUT2D eigenvalue weighted by atomic mass is 32.2. The Morgan fingerprint density at radius 1 is 1.27 bits per heavy atom. The lowest BCUT2D eigenvalue weighted by atomic mass is 10.0. The van der Waals surface area contributed by atoms with Crippen LogP contribution in [0.5, 0.6) is 0 Å². The molecule has 6 nitrogen and oxygen atoms in total. The second kappa shape index (κ2) is 7.15. The lowest BCUT2D eigenvalue weighted by Gasteiger charge is -2.48. The van der Waals surface area contributed by atoms with Gasteiger partial charge < -0.3 is 10.1 Å². The van der Waals surface area contributed by atoms with Crippen LogP contribution in [-0.4, -0.2) is 45.5 Å². The topological polar surface area (TPSA) is 75.7 Å². The second-order valence-electron chi connectivity index (χ2n) is 7.23. The molecule has 26 heavy (non-hydrogen) atoms. The Bertz CT molecular complexity index is 755. The summed E-state index contributed by atoms with van der Waals surface area (Å²) in [6.07, 6.45) is 1.92. The minimum Gasteiger partial charge on any atom is -0.455 e. The van der Waals surface area contributed by atoms with E-state index in [1.165, 1.54) is 16.7 Å². The van der Waals surface area contributed by atoms with Crippen molar-refractivity contribution < 1.29 is 19.1 Å². The quantitative estimate of drug-likeness (QED) is 0.643. The molecule has 1 aromatic carbocycles. The SMILES string of the molecule is CC(C)(C)OC(=O)C1=CCS[C@@H]2C(NC(=O)Cc3ccccc3)C(=O)N12. The van der Waals surface area contributed by atoms with Gasteiger partial charge in [0.25, 0.3) is 5.91 Å². The number of carbonyl (C=O) groups is 3. The van der Waals surface area contributed by atoms with Gasteiger partial charge in [0.1, 0.15) is 22.7 Å². The third-order valence-electron chi connectivity index (χ3n) is 3.98. The zero-order chi connectivity index (χ0) is 18.9. The number of hydrogen-bond donors (Lipinski definition) is 1. The summed E-state index contributed by atoms with van der Waals surface area (Å²) in [5, 5.41) is 2.52. The van der Waals surface area contributed by atoms with Gasteiger partial charge in [-0.05, 0) is 32.4 Å². The number of fused-ring (bicyclic) bond motifs is 1. The number of carbonyl (C=O) groups excluding carboxylic acids is 3. The van der Waals surface area contributed by atoms with Crippen LogP contribution >= 0.6 is 11.8 Å². The Kier molecular flexibility index (Phi) is 5.09. The molecule has 2 aliphatic heterocycles. The highest BCUT2D eigenvalue weighted by Gasteiger charge is 2.53. The van der Waals surface area contributed by atoms with Crippen molar-refractivity contribution >= 4 is 29.5 Å². The number of esters is 1. The van der Waals surface area contributed by atoms with Crippen LogP contribution in [0.4, 0.5) is 0 Å². The summed E-state index contributed by atoms with van der Waals surface area (Å²) >= 11 is 1.52. The molecular formula is C19H22N2O4S. The van der Waals surface area contributed by atoms with Crippen molar-refractivity contribution in [3.05, 3.63) is 47.7 Å². The van der Waals surface area contributed by atoms with Crippen LogP contribution in [0.2, 0.25) is 0 Å². The number of benzene rings is 1. The first-order valence-electron chi connectivity index (χ1n) is 8.48. The maximum atomic E-state index is 12.5. The van der Waals surface area contributed by atoms with E-state index in [0.29, 0.717) is 5.75 Å². The van der Waals surface area contributed by atoms with E-state index < -0.39 is 17.6 Å². The smallest absolute Gasteiger partial charge is 0.355 e. The van der Waals surface area contributed by atoms with Crippen LogP contribution in [0.3, 0.4) is 0 Å². The number of nitrogens with zero attached hydrogens (tertiary/aromatic N) is 1. The zero-order valence-electron chi connectivity index (χ0n) is 15.0. The van der Waals surface area contributed by atoms with Crippen LogP contribution < -0.4 is 5.32 Å². The van der Waals surface area contributed by atoms with Crippen LogP contribution in [0.15, 0.2) is 42.1 Å². The molecule has 2 heterocycles. The average molecular weight is 374 g/mol. The highest BCUT2D eigenvalue weighted by Crippen LogP contribution is 2.38. The van der Waals surface area contributed by atoms with Gasteiger partial charge in [-0.2, -0.15) is 0 Å². The Labute approximate surface area is 157 Å². The lowest BCUT2D eigenvalue weighted by molar-refractivity contribution is -0.158. The van der Waals surface area contributed by atoms with Gasteiger partial charge in [-0.15, -0.1) is 11.8 Å². The Morgan fingerprint density at radius 3 is 2.62 bits per heavy atom. The van der Waals surface area contributed by atoms with Crippen molar-refractivity contribution in [2.45, 2.75) is 44.2 Å². The molecule has 2 amide bonds. The van der Waals surface area contributed by atoms with E-state index in [-0.39, 0.29) is 29.3 Å². The van der Waals surface area contributed by atoms with Crippen molar-refractivity contribution in [3.8, 4) is 0 Å². The third-order valence-corrected chi connectivity index (χ3v) is 5.16. The first kappa shape index (κ1) is 18.5.